The summed E-state index contributed by atoms with van der Waals surface area (Å²) in [7, 11) is 0. The summed E-state index contributed by atoms with van der Waals surface area (Å²) in [6.45, 7) is 0. The van der Waals surface area contributed by atoms with Crippen LogP contribution in [0.15, 0.2) is 48.5 Å². The van der Waals surface area contributed by atoms with Gasteiger partial charge in [-0.15, -0.1) is 12.4 Å². The lowest BCUT2D eigenvalue weighted by Crippen LogP contribution is -2.10. The topological polar surface area (TPSA) is 99.7 Å². The van der Waals surface area contributed by atoms with Crippen LogP contribution in [0.5, 0.6) is 0 Å². The monoisotopic (exact) mass is 274 g/mol. The first-order chi connectivity index (χ1) is 8.58. The molecule has 2 aromatic carbocycles. The highest BCUT2D eigenvalue weighted by Gasteiger charge is 2.01. The normalized spacial score (nSPS) is 9.47. The van der Waals surface area contributed by atoms with Crippen molar-refractivity contribution in [3.63, 3.8) is 0 Å². The van der Waals surface area contributed by atoms with E-state index in [1.807, 2.05) is 48.5 Å². The lowest BCUT2D eigenvalue weighted by Gasteiger charge is -2.05. The SMILES string of the molecule is Cl.N=C(N)c1ccc(-c2ccc(C(=N)N)cc2)cc1. The Bertz CT molecular complexity index is 532. The van der Waals surface area contributed by atoms with Gasteiger partial charge in [0.1, 0.15) is 11.7 Å². The molecule has 0 atom stereocenters. The number of nitrogens with two attached hydrogens (primary N) is 2. The molecule has 0 saturated carbocycles. The number of halogens is 1. The van der Waals surface area contributed by atoms with E-state index in [0.717, 1.165) is 11.1 Å². The summed E-state index contributed by atoms with van der Waals surface area (Å²) >= 11 is 0. The van der Waals surface area contributed by atoms with Gasteiger partial charge in [-0.25, -0.2) is 0 Å². The molecule has 0 radical (unpaired) electrons. The third-order valence-electron chi connectivity index (χ3n) is 2.73. The minimum absolute atomic E-state index is 0. The van der Waals surface area contributed by atoms with Crippen LogP contribution in [0, 0.1) is 10.8 Å². The maximum Gasteiger partial charge on any atom is 0.122 e. The van der Waals surface area contributed by atoms with Gasteiger partial charge in [0.15, 0.2) is 0 Å². The van der Waals surface area contributed by atoms with Crippen molar-refractivity contribution >= 4 is 24.1 Å². The predicted octanol–water partition coefficient (Wildman–Crippen LogP) is 2.34. The number of hydrogen-bond donors (Lipinski definition) is 4. The molecule has 4 nitrogen and oxygen atoms in total. The van der Waals surface area contributed by atoms with Crippen molar-refractivity contribution in [3.05, 3.63) is 59.7 Å². The number of benzene rings is 2. The van der Waals surface area contributed by atoms with Gasteiger partial charge in [0.05, 0.1) is 0 Å². The fraction of sp³-hybridized carbons (Fsp3) is 0. The van der Waals surface area contributed by atoms with Crippen LogP contribution < -0.4 is 11.5 Å². The molecule has 98 valence electrons. The molecule has 2 rings (SSSR count). The van der Waals surface area contributed by atoms with Gasteiger partial charge in [0.25, 0.3) is 0 Å². The molecule has 0 aliphatic carbocycles. The second kappa shape index (κ2) is 6.02. The number of nitrogens with one attached hydrogen (secondary N) is 2. The fourth-order valence-electron chi connectivity index (χ4n) is 1.68. The van der Waals surface area contributed by atoms with Gasteiger partial charge in [0, 0.05) is 11.1 Å². The lowest BCUT2D eigenvalue weighted by atomic mass is 10.0. The second-order valence-corrected chi connectivity index (χ2v) is 3.98. The van der Waals surface area contributed by atoms with Gasteiger partial charge in [-0.3, -0.25) is 10.8 Å². The van der Waals surface area contributed by atoms with Crippen LogP contribution in [0.2, 0.25) is 0 Å². The Labute approximate surface area is 117 Å². The van der Waals surface area contributed by atoms with E-state index in [0.29, 0.717) is 11.1 Å². The van der Waals surface area contributed by atoms with Crippen LogP contribution >= 0.6 is 12.4 Å². The first-order valence-electron chi connectivity index (χ1n) is 5.47. The van der Waals surface area contributed by atoms with Crippen LogP contribution in [0.25, 0.3) is 11.1 Å². The molecule has 0 saturated heterocycles. The van der Waals surface area contributed by atoms with Gasteiger partial charge in [-0.2, -0.15) is 0 Å². The van der Waals surface area contributed by atoms with Gasteiger partial charge < -0.3 is 11.5 Å². The summed E-state index contributed by atoms with van der Waals surface area (Å²) in [4.78, 5) is 0. The molecule has 0 fully saturated rings. The van der Waals surface area contributed by atoms with Crippen LogP contribution in [0.4, 0.5) is 0 Å². The Hall–Kier alpha value is -2.33. The zero-order valence-electron chi connectivity index (χ0n) is 10.2. The minimum Gasteiger partial charge on any atom is -0.384 e. The van der Waals surface area contributed by atoms with Crippen molar-refractivity contribution in [2.24, 2.45) is 11.5 Å². The Balaban J connectivity index is 0.00000180. The molecular formula is C14H15ClN4. The molecule has 0 spiro atoms. The zero-order valence-corrected chi connectivity index (χ0v) is 11.0. The Morgan fingerprint density at radius 2 is 0.895 bits per heavy atom. The number of hydrogen-bond acceptors (Lipinski definition) is 2. The summed E-state index contributed by atoms with van der Waals surface area (Å²) in [5, 5.41) is 14.7. The third kappa shape index (κ3) is 3.33. The molecule has 0 amide bonds. The zero-order chi connectivity index (χ0) is 13.1. The Kier molecular flexibility index (Phi) is 4.67. The van der Waals surface area contributed by atoms with E-state index in [4.69, 9.17) is 22.3 Å². The Morgan fingerprint density at radius 3 is 1.11 bits per heavy atom. The highest BCUT2D eigenvalue weighted by Crippen LogP contribution is 2.20. The second-order valence-electron chi connectivity index (χ2n) is 3.98. The molecular weight excluding hydrogens is 260 g/mol. The molecule has 5 heteroatoms. The quantitative estimate of drug-likeness (QED) is 0.510. The molecule has 0 bridgehead atoms. The van der Waals surface area contributed by atoms with Gasteiger partial charge in [0.2, 0.25) is 0 Å². The minimum atomic E-state index is 0. The molecule has 19 heavy (non-hydrogen) atoms. The highest BCUT2D eigenvalue weighted by atomic mass is 35.5. The van der Waals surface area contributed by atoms with Crippen LogP contribution in [-0.4, -0.2) is 11.7 Å². The van der Waals surface area contributed by atoms with Crippen molar-refractivity contribution < 1.29 is 0 Å². The highest BCUT2D eigenvalue weighted by molar-refractivity contribution is 5.96. The van der Waals surface area contributed by atoms with Crippen molar-refractivity contribution in [2.75, 3.05) is 0 Å². The van der Waals surface area contributed by atoms with E-state index < -0.39 is 0 Å². The number of rotatable bonds is 3. The van der Waals surface area contributed by atoms with E-state index in [1.165, 1.54) is 0 Å². The molecule has 0 heterocycles. The van der Waals surface area contributed by atoms with Crippen LogP contribution in [0.3, 0.4) is 0 Å². The largest absolute Gasteiger partial charge is 0.384 e. The number of amidine groups is 2. The summed E-state index contributed by atoms with van der Waals surface area (Å²) in [6, 6.07) is 14.9. The van der Waals surface area contributed by atoms with Crippen molar-refractivity contribution in [2.45, 2.75) is 0 Å². The average Bonchev–Trinajstić information content (AvgIpc) is 2.39. The summed E-state index contributed by atoms with van der Waals surface area (Å²) < 4.78 is 0. The van der Waals surface area contributed by atoms with Gasteiger partial charge in [-0.05, 0) is 11.1 Å². The summed E-state index contributed by atoms with van der Waals surface area (Å²) in [5.74, 6) is 0.127. The van der Waals surface area contributed by atoms with E-state index in [9.17, 15) is 0 Å². The first kappa shape index (κ1) is 14.7. The van der Waals surface area contributed by atoms with Gasteiger partial charge >= 0.3 is 0 Å². The molecule has 0 aliphatic heterocycles. The van der Waals surface area contributed by atoms with Crippen molar-refractivity contribution in [1.82, 2.24) is 0 Å². The van der Waals surface area contributed by atoms with Crippen molar-refractivity contribution in [3.8, 4) is 11.1 Å². The van der Waals surface area contributed by atoms with Crippen molar-refractivity contribution in [1.29, 1.82) is 10.8 Å². The molecule has 0 aromatic heterocycles. The molecule has 6 N–H and O–H groups in total. The summed E-state index contributed by atoms with van der Waals surface area (Å²) in [5.41, 5.74) is 14.3. The van der Waals surface area contributed by atoms with Gasteiger partial charge in [-0.1, -0.05) is 48.5 Å². The van der Waals surface area contributed by atoms with Crippen LogP contribution in [-0.2, 0) is 0 Å². The maximum absolute atomic E-state index is 7.33. The summed E-state index contributed by atoms with van der Waals surface area (Å²) in [6.07, 6.45) is 0. The average molecular weight is 275 g/mol. The smallest absolute Gasteiger partial charge is 0.122 e. The van der Waals surface area contributed by atoms with E-state index in [1.54, 1.807) is 0 Å². The lowest BCUT2D eigenvalue weighted by molar-refractivity contribution is 1.42. The van der Waals surface area contributed by atoms with E-state index >= 15 is 0 Å². The molecule has 2 aromatic rings. The maximum atomic E-state index is 7.33. The third-order valence-corrected chi connectivity index (χ3v) is 2.73. The fourth-order valence-corrected chi connectivity index (χ4v) is 1.68. The number of nitrogen functional groups attached to an aromatic ring is 2. The molecule has 0 aliphatic rings. The predicted molar refractivity (Wildman–Crippen MR) is 81.2 cm³/mol. The van der Waals surface area contributed by atoms with Crippen LogP contribution in [0.1, 0.15) is 11.1 Å². The standard InChI is InChI=1S/C14H14N4.ClH/c15-13(16)11-5-1-9(2-6-11)10-3-7-12(8-4-10)14(17)18;/h1-8H,(H3,15,16)(H3,17,18);1H. The van der Waals surface area contributed by atoms with E-state index in [-0.39, 0.29) is 24.1 Å². The van der Waals surface area contributed by atoms with E-state index in [2.05, 4.69) is 0 Å². The Morgan fingerprint density at radius 1 is 0.632 bits per heavy atom. The first-order valence-corrected chi connectivity index (χ1v) is 5.47. The molecule has 0 unspecified atom stereocenters.